The van der Waals surface area contributed by atoms with Crippen LogP contribution in [-0.2, 0) is 9.53 Å². The van der Waals surface area contributed by atoms with Crippen LogP contribution in [0.15, 0.2) is 0 Å². The molecule has 1 aliphatic heterocycles. The molecule has 3 nitrogen and oxygen atoms in total. The van der Waals surface area contributed by atoms with Crippen LogP contribution in [0.5, 0.6) is 0 Å². The summed E-state index contributed by atoms with van der Waals surface area (Å²) in [5.74, 6) is -1.07. The van der Waals surface area contributed by atoms with E-state index in [0.29, 0.717) is 19.4 Å². The first kappa shape index (κ1) is 10.0. The van der Waals surface area contributed by atoms with Crippen molar-refractivity contribution in [2.45, 2.75) is 25.4 Å². The summed E-state index contributed by atoms with van der Waals surface area (Å²) in [5.41, 5.74) is -0.931. The summed E-state index contributed by atoms with van der Waals surface area (Å²) < 4.78 is 4.87. The molecule has 1 saturated heterocycles. The first-order valence-corrected chi connectivity index (χ1v) is 3.07. The summed E-state index contributed by atoms with van der Waals surface area (Å²) in [4.78, 5) is 10.3. The summed E-state index contributed by atoms with van der Waals surface area (Å²) >= 11 is 0. The monoisotopic (exact) mass is 136 g/mol. The zero-order chi connectivity index (χ0) is 6.91. The molecule has 1 unspecified atom stereocenters. The van der Waals surface area contributed by atoms with Crippen LogP contribution in [0.2, 0.25) is 0 Å². The van der Waals surface area contributed by atoms with Crippen LogP contribution in [-0.4, -0.2) is 18.2 Å². The molecule has 1 heterocycles. The van der Waals surface area contributed by atoms with Crippen LogP contribution in [0.25, 0.3) is 0 Å². The Hall–Kier alpha value is 0.0274. The Morgan fingerprint density at radius 1 is 1.80 bits per heavy atom. The largest absolute Gasteiger partial charge is 1.00 e. The van der Waals surface area contributed by atoms with Gasteiger partial charge in [-0.1, -0.05) is 6.92 Å². The van der Waals surface area contributed by atoms with Crippen molar-refractivity contribution < 1.29 is 33.5 Å². The van der Waals surface area contributed by atoms with Gasteiger partial charge >= 0.3 is 18.9 Å². The molecule has 0 aromatic rings. The van der Waals surface area contributed by atoms with E-state index in [1.165, 1.54) is 0 Å². The van der Waals surface area contributed by atoms with Crippen LogP contribution in [0.1, 0.15) is 19.8 Å². The molecular formula is C6H9LiO3. The molecule has 10 heavy (non-hydrogen) atoms. The van der Waals surface area contributed by atoms with E-state index in [0.717, 1.165) is 0 Å². The van der Waals surface area contributed by atoms with Gasteiger partial charge in [-0.25, -0.2) is 0 Å². The van der Waals surface area contributed by atoms with Crippen molar-refractivity contribution in [3.8, 4) is 0 Å². The molecule has 0 aromatic carbocycles. The summed E-state index contributed by atoms with van der Waals surface area (Å²) in [7, 11) is 0. The number of hydrogen-bond donors (Lipinski definition) is 0. The number of ether oxygens (including phenoxy) is 1. The molecule has 1 rings (SSSR count). The molecule has 0 aromatic heterocycles. The zero-order valence-corrected chi connectivity index (χ0v) is 6.35. The van der Waals surface area contributed by atoms with Crippen LogP contribution >= 0.6 is 0 Å². The Balaban J connectivity index is 0.000000810. The van der Waals surface area contributed by atoms with Crippen LogP contribution in [0.3, 0.4) is 0 Å². The molecule has 0 amide bonds. The smallest absolute Gasteiger partial charge is 0.547 e. The van der Waals surface area contributed by atoms with Gasteiger partial charge in [-0.2, -0.15) is 0 Å². The topological polar surface area (TPSA) is 49.4 Å². The van der Waals surface area contributed by atoms with Crippen molar-refractivity contribution in [2.24, 2.45) is 0 Å². The maximum Gasteiger partial charge on any atom is 1.00 e. The van der Waals surface area contributed by atoms with Crippen LogP contribution < -0.4 is 24.0 Å². The quantitative estimate of drug-likeness (QED) is 0.367. The van der Waals surface area contributed by atoms with Crippen LogP contribution in [0, 0.1) is 0 Å². The minimum absolute atomic E-state index is 0. The van der Waals surface area contributed by atoms with Crippen molar-refractivity contribution in [3.63, 3.8) is 0 Å². The molecule has 52 valence electrons. The number of aliphatic carboxylic acids is 1. The standard InChI is InChI=1S/C6H10O3.Li/c1-2-6(5(7)8)3-4-9-6;/h2-4H2,1H3,(H,7,8);/q;+1/p-1. The van der Waals surface area contributed by atoms with E-state index in [1.807, 2.05) is 0 Å². The normalized spacial score (nSPS) is 30.1. The van der Waals surface area contributed by atoms with Gasteiger partial charge in [0, 0.05) is 6.42 Å². The second-order valence-corrected chi connectivity index (χ2v) is 2.23. The van der Waals surface area contributed by atoms with Gasteiger partial charge in [-0.05, 0) is 6.42 Å². The summed E-state index contributed by atoms with van der Waals surface area (Å²) in [5, 5.41) is 10.3. The van der Waals surface area contributed by atoms with E-state index in [1.54, 1.807) is 6.92 Å². The number of rotatable bonds is 2. The fourth-order valence-corrected chi connectivity index (χ4v) is 0.933. The van der Waals surface area contributed by atoms with Gasteiger partial charge in [-0.3, -0.25) is 0 Å². The van der Waals surface area contributed by atoms with E-state index < -0.39 is 11.6 Å². The first-order chi connectivity index (χ1) is 4.21. The van der Waals surface area contributed by atoms with E-state index in [-0.39, 0.29) is 18.9 Å². The third-order valence-electron chi connectivity index (χ3n) is 1.83. The molecule has 0 N–H and O–H groups in total. The molecule has 4 heteroatoms. The molecule has 0 aliphatic carbocycles. The predicted molar refractivity (Wildman–Crippen MR) is 28.6 cm³/mol. The van der Waals surface area contributed by atoms with E-state index in [9.17, 15) is 9.90 Å². The average molecular weight is 136 g/mol. The van der Waals surface area contributed by atoms with E-state index in [2.05, 4.69) is 0 Å². The number of carbonyl (C=O) groups is 1. The Morgan fingerprint density at radius 3 is 2.30 bits per heavy atom. The summed E-state index contributed by atoms with van der Waals surface area (Å²) in [6.07, 6.45) is 1.11. The van der Waals surface area contributed by atoms with Gasteiger partial charge in [0.2, 0.25) is 0 Å². The zero-order valence-electron chi connectivity index (χ0n) is 6.35. The Labute approximate surface area is 71.9 Å². The molecule has 1 aliphatic rings. The van der Waals surface area contributed by atoms with Crippen molar-refractivity contribution in [3.05, 3.63) is 0 Å². The van der Waals surface area contributed by atoms with Gasteiger partial charge in [0.15, 0.2) is 0 Å². The maximum absolute atomic E-state index is 10.3. The molecule has 0 spiro atoms. The molecule has 0 saturated carbocycles. The summed E-state index contributed by atoms with van der Waals surface area (Å²) in [6, 6.07) is 0. The molecule has 1 atom stereocenters. The molecule has 1 fully saturated rings. The average Bonchev–Trinajstić information content (AvgIpc) is 1.62. The number of carbonyl (C=O) groups excluding carboxylic acids is 1. The fourth-order valence-electron chi connectivity index (χ4n) is 0.933. The Kier molecular flexibility index (Phi) is 3.44. The van der Waals surface area contributed by atoms with Crippen molar-refractivity contribution >= 4 is 5.97 Å². The van der Waals surface area contributed by atoms with E-state index >= 15 is 0 Å². The second kappa shape index (κ2) is 3.43. The van der Waals surface area contributed by atoms with Gasteiger partial charge in [0.25, 0.3) is 0 Å². The van der Waals surface area contributed by atoms with Gasteiger partial charge in [0.1, 0.15) is 5.60 Å². The molecule has 0 bridgehead atoms. The van der Waals surface area contributed by atoms with E-state index in [4.69, 9.17) is 4.74 Å². The molecular weight excluding hydrogens is 127 g/mol. The van der Waals surface area contributed by atoms with Crippen molar-refractivity contribution in [2.75, 3.05) is 6.61 Å². The van der Waals surface area contributed by atoms with Crippen LogP contribution in [0.4, 0.5) is 0 Å². The summed E-state index contributed by atoms with van der Waals surface area (Å²) in [6.45, 7) is 2.34. The minimum Gasteiger partial charge on any atom is -0.547 e. The van der Waals surface area contributed by atoms with Gasteiger partial charge in [0.05, 0.1) is 12.6 Å². The van der Waals surface area contributed by atoms with Gasteiger partial charge < -0.3 is 14.6 Å². The third kappa shape index (κ3) is 1.37. The number of carboxylic acid groups (broad SMARTS) is 1. The second-order valence-electron chi connectivity index (χ2n) is 2.23. The number of hydrogen-bond acceptors (Lipinski definition) is 3. The molecule has 0 radical (unpaired) electrons. The predicted octanol–water partition coefficient (Wildman–Crippen LogP) is -3.69. The maximum atomic E-state index is 10.3. The first-order valence-electron chi connectivity index (χ1n) is 3.07. The van der Waals surface area contributed by atoms with Crippen molar-refractivity contribution in [1.82, 2.24) is 0 Å². The number of carboxylic acids is 1. The minimum atomic E-state index is -1.07. The van der Waals surface area contributed by atoms with Gasteiger partial charge in [-0.15, -0.1) is 0 Å². The Morgan fingerprint density at radius 2 is 2.30 bits per heavy atom. The third-order valence-corrected chi connectivity index (χ3v) is 1.83. The SMILES string of the molecule is CCC1(C(=O)[O-])CCO1.[Li+]. The Bertz CT molecular complexity index is 125. The fraction of sp³-hybridized carbons (Fsp3) is 0.833. The van der Waals surface area contributed by atoms with Crippen molar-refractivity contribution in [1.29, 1.82) is 0 Å².